The first-order valence-corrected chi connectivity index (χ1v) is 25.2. The minimum absolute atomic E-state index is 0. The number of carbonyl (C=O) groups excluding carboxylic acids is 5. The van der Waals surface area contributed by atoms with Crippen molar-refractivity contribution in [1.82, 2.24) is 40.8 Å². The fourth-order valence-electron chi connectivity index (χ4n) is 10.8. The van der Waals surface area contributed by atoms with Gasteiger partial charge in [0.05, 0.1) is 35.9 Å². The molecule has 2 aliphatic carbocycles. The van der Waals surface area contributed by atoms with Gasteiger partial charge >= 0.3 is 0 Å². The van der Waals surface area contributed by atoms with Crippen LogP contribution in [0.5, 0.6) is 0 Å². The van der Waals surface area contributed by atoms with Gasteiger partial charge < -0.3 is 30.8 Å². The number of unbranched alkanes of at least 4 members (excludes halogenated alkanes) is 4. The third-order valence-electron chi connectivity index (χ3n) is 14.7. The van der Waals surface area contributed by atoms with Crippen molar-refractivity contribution in [3.05, 3.63) is 84.7 Å². The molecule has 5 N–H and O–H groups in total. The number of amides is 3. The van der Waals surface area contributed by atoms with Gasteiger partial charge in [0.15, 0.2) is 0 Å². The SMILES string of the molecule is CCC(=O)CCCCC[C@H](NC(=O)CC1CC2(C1)CN(C(C)=O)C2)c1ncc(-c2ccccc2)[nH]1.CCC(=O)CCCCC[C@H](NC(=O)CC1CC2(CNC2)C1)c1ncc(-c2ccccc2)[nH]1.S.S. The Labute approximate surface area is 423 Å². The van der Waals surface area contributed by atoms with Gasteiger partial charge in [-0.05, 0) is 79.7 Å². The van der Waals surface area contributed by atoms with Crippen molar-refractivity contribution in [3.8, 4) is 22.5 Å². The number of likely N-dealkylation sites (tertiary alicyclic amines) is 1. The number of hydrogen-bond acceptors (Lipinski definition) is 8. The maximum Gasteiger partial charge on any atom is 0.220 e. The van der Waals surface area contributed by atoms with Crippen LogP contribution in [0.3, 0.4) is 0 Å². The van der Waals surface area contributed by atoms with Gasteiger partial charge in [0.25, 0.3) is 0 Å². The van der Waals surface area contributed by atoms with E-state index in [1.807, 2.05) is 79.7 Å². The van der Waals surface area contributed by atoms with E-state index in [-0.39, 0.29) is 62.2 Å². The van der Waals surface area contributed by atoms with Crippen LogP contribution in [0.1, 0.15) is 160 Å². The van der Waals surface area contributed by atoms with E-state index >= 15 is 0 Å². The van der Waals surface area contributed by atoms with Gasteiger partial charge in [0.1, 0.15) is 23.2 Å². The van der Waals surface area contributed by atoms with Crippen molar-refractivity contribution < 1.29 is 24.0 Å². The van der Waals surface area contributed by atoms with Crippen LogP contribution >= 0.6 is 27.0 Å². The molecule has 2 aromatic heterocycles. The number of imidazole rings is 2. The Hall–Kier alpha value is -4.73. The molecule has 0 bridgehead atoms. The lowest BCUT2D eigenvalue weighted by molar-refractivity contribution is -0.154. The molecule has 4 aromatic rings. The minimum atomic E-state index is -0.173. The molecule has 69 heavy (non-hydrogen) atoms. The summed E-state index contributed by atoms with van der Waals surface area (Å²) in [7, 11) is 0. The summed E-state index contributed by atoms with van der Waals surface area (Å²) in [5.41, 5.74) is 4.81. The molecule has 2 atom stereocenters. The van der Waals surface area contributed by atoms with E-state index in [1.165, 1.54) is 12.8 Å². The smallest absolute Gasteiger partial charge is 0.220 e. The Morgan fingerprint density at radius 1 is 0.623 bits per heavy atom. The summed E-state index contributed by atoms with van der Waals surface area (Å²) in [6.45, 7) is 9.36. The maximum absolute atomic E-state index is 13.0. The first-order chi connectivity index (χ1) is 32.4. The Morgan fingerprint density at radius 3 is 1.42 bits per heavy atom. The van der Waals surface area contributed by atoms with E-state index in [0.29, 0.717) is 67.3 Å². The number of rotatable bonds is 24. The zero-order valence-electron chi connectivity index (χ0n) is 41.2. The van der Waals surface area contributed by atoms with E-state index in [2.05, 4.69) is 48.0 Å². The number of carbonyl (C=O) groups is 5. The maximum atomic E-state index is 13.0. The highest BCUT2D eigenvalue weighted by molar-refractivity contribution is 7.59. The molecule has 2 aliphatic heterocycles. The topological polar surface area (TPSA) is 182 Å². The molecule has 4 fully saturated rings. The molecular formula is C54H78N8O5S2. The second kappa shape index (κ2) is 26.5. The second-order valence-corrected chi connectivity index (χ2v) is 20.3. The highest BCUT2D eigenvalue weighted by atomic mass is 32.1. The third kappa shape index (κ3) is 15.6. The minimum Gasteiger partial charge on any atom is -0.346 e. The molecular weight excluding hydrogens is 905 g/mol. The Bertz CT molecular complexity index is 2240. The van der Waals surface area contributed by atoms with E-state index in [1.54, 1.807) is 6.92 Å². The third-order valence-corrected chi connectivity index (χ3v) is 14.7. The number of aromatic nitrogens is 4. The summed E-state index contributed by atoms with van der Waals surface area (Å²) in [6, 6.07) is 19.9. The van der Waals surface area contributed by atoms with Crippen LogP contribution in [-0.4, -0.2) is 80.3 Å². The molecule has 376 valence electrons. The van der Waals surface area contributed by atoms with Crippen LogP contribution in [-0.2, 0) is 24.0 Å². The predicted octanol–water partition coefficient (Wildman–Crippen LogP) is 9.59. The van der Waals surface area contributed by atoms with E-state index in [4.69, 9.17) is 0 Å². The van der Waals surface area contributed by atoms with Crippen molar-refractivity contribution in [1.29, 1.82) is 0 Å². The first kappa shape index (κ1) is 55.2. The number of hydrogen-bond donors (Lipinski definition) is 5. The van der Waals surface area contributed by atoms with Crippen LogP contribution < -0.4 is 16.0 Å². The highest BCUT2D eigenvalue weighted by Crippen LogP contribution is 2.53. The molecule has 4 heterocycles. The van der Waals surface area contributed by atoms with E-state index in [0.717, 1.165) is 125 Å². The van der Waals surface area contributed by atoms with Crippen molar-refractivity contribution in [2.45, 2.75) is 148 Å². The van der Waals surface area contributed by atoms with Gasteiger partial charge in [-0.3, -0.25) is 24.0 Å². The number of nitrogens with zero attached hydrogens (tertiary/aromatic N) is 3. The summed E-state index contributed by atoms with van der Waals surface area (Å²) in [5.74, 6) is 3.47. The summed E-state index contributed by atoms with van der Waals surface area (Å²) in [4.78, 5) is 78.3. The van der Waals surface area contributed by atoms with Gasteiger partial charge in [-0.15, -0.1) is 0 Å². The van der Waals surface area contributed by atoms with Gasteiger partial charge in [0, 0.05) is 77.0 Å². The Kier molecular flexibility index (Phi) is 21.2. The fraction of sp³-hybridized carbons (Fsp3) is 0.574. The van der Waals surface area contributed by atoms with E-state index < -0.39 is 0 Å². The van der Waals surface area contributed by atoms with Crippen LogP contribution in [0.25, 0.3) is 22.5 Å². The number of ketones is 2. The highest BCUT2D eigenvalue weighted by Gasteiger charge is 2.53. The lowest BCUT2D eigenvalue weighted by Gasteiger charge is -2.59. The number of H-pyrrole nitrogens is 2. The molecule has 15 heteroatoms. The molecule has 8 rings (SSSR count). The normalized spacial score (nSPS) is 18.0. The Balaban J connectivity index is 0.000000251. The molecule has 0 radical (unpaired) electrons. The summed E-state index contributed by atoms with van der Waals surface area (Å²) in [5, 5.41) is 9.85. The largest absolute Gasteiger partial charge is 0.346 e. The average Bonchev–Trinajstić information content (AvgIpc) is 3.98. The average molecular weight is 983 g/mol. The van der Waals surface area contributed by atoms with Crippen molar-refractivity contribution in [2.75, 3.05) is 26.2 Å². The predicted molar refractivity (Wildman–Crippen MR) is 282 cm³/mol. The van der Waals surface area contributed by atoms with Crippen LogP contribution in [0.4, 0.5) is 0 Å². The first-order valence-electron chi connectivity index (χ1n) is 25.2. The quantitative estimate of drug-likeness (QED) is 0.0430. The second-order valence-electron chi connectivity index (χ2n) is 20.3. The molecule has 4 aliphatic rings. The lowest BCUT2D eigenvalue weighted by Crippen LogP contribution is -2.63. The van der Waals surface area contributed by atoms with Crippen molar-refractivity contribution >= 4 is 56.3 Å². The standard InChI is InChI=1S/C28H38N4O3.C26H36N4O2.2H2S/c1-3-23(34)12-8-5-9-13-24(27-29-17-25(31-27)22-10-6-4-7-11-22)30-26(35)14-21-15-28(16-21)18-32(19-28)20(2)33;1-2-21(31)11-7-4-8-12-22(25-28-16-23(30-25)20-9-5-3-6-10-20)29-24(32)13-19-14-26(15-19)17-27-18-26;;/h4,6-7,10-11,17,21,24H,3,5,8-9,12-16,18-19H2,1-2H3,(H,29,31)(H,30,35);3,5-6,9-10,16,19,22,27H,2,4,7-8,11-15,17-18H2,1H3,(H,28,30)(H,29,32);2*1H2/t24-;22-;;/m00../s1. The van der Waals surface area contributed by atoms with Gasteiger partial charge in [-0.2, -0.15) is 27.0 Å². The van der Waals surface area contributed by atoms with Gasteiger partial charge in [-0.1, -0.05) is 100 Å². The molecule has 13 nitrogen and oxygen atoms in total. The Morgan fingerprint density at radius 2 is 1.04 bits per heavy atom. The molecule has 0 unspecified atom stereocenters. The van der Waals surface area contributed by atoms with Crippen LogP contribution in [0.2, 0.25) is 0 Å². The van der Waals surface area contributed by atoms with Crippen LogP contribution in [0, 0.1) is 22.7 Å². The van der Waals surface area contributed by atoms with Gasteiger partial charge in [-0.25, -0.2) is 9.97 Å². The molecule has 3 amide bonds. The molecule has 2 spiro atoms. The number of benzene rings is 2. The van der Waals surface area contributed by atoms with Crippen molar-refractivity contribution in [3.63, 3.8) is 0 Å². The summed E-state index contributed by atoms with van der Waals surface area (Å²) in [6.07, 6.45) is 19.0. The molecule has 2 saturated heterocycles. The summed E-state index contributed by atoms with van der Waals surface area (Å²) < 4.78 is 0. The number of aromatic amines is 2. The zero-order chi connectivity index (χ0) is 47.2. The fourth-order valence-corrected chi connectivity index (χ4v) is 10.8. The molecule has 2 saturated carbocycles. The number of Topliss-reactive ketones (excluding diaryl/α,β-unsaturated/α-hetero) is 2. The summed E-state index contributed by atoms with van der Waals surface area (Å²) >= 11 is 0. The van der Waals surface area contributed by atoms with Crippen LogP contribution in [0.15, 0.2) is 73.1 Å². The monoisotopic (exact) mass is 983 g/mol. The zero-order valence-corrected chi connectivity index (χ0v) is 43.2. The number of nitrogens with one attached hydrogen (secondary N) is 5. The lowest BCUT2D eigenvalue weighted by atomic mass is 9.57. The molecule has 2 aromatic carbocycles. The van der Waals surface area contributed by atoms with E-state index in [9.17, 15) is 24.0 Å². The van der Waals surface area contributed by atoms with Gasteiger partial charge in [0.2, 0.25) is 17.7 Å². The van der Waals surface area contributed by atoms with Crippen molar-refractivity contribution in [2.24, 2.45) is 22.7 Å².